The number of halogens is 1. The van der Waals surface area contributed by atoms with Crippen molar-refractivity contribution in [3.8, 4) is 0 Å². The second-order valence-electron chi connectivity index (χ2n) is 3.92. The van der Waals surface area contributed by atoms with Gasteiger partial charge in [0.2, 0.25) is 0 Å². The molecule has 5 heteroatoms. The maximum atomic E-state index is 11.3. The summed E-state index contributed by atoms with van der Waals surface area (Å²) >= 11 is 5.20. The van der Waals surface area contributed by atoms with E-state index in [0.29, 0.717) is 5.56 Å². The second-order valence-corrected chi connectivity index (χ2v) is 5.88. The van der Waals surface area contributed by atoms with E-state index in [9.17, 15) is 4.79 Å². The normalized spacial score (nSPS) is 10.2. The summed E-state index contributed by atoms with van der Waals surface area (Å²) in [4.78, 5) is 12.5. The Balaban J connectivity index is 1.98. The first kappa shape index (κ1) is 14.1. The number of hydrogen-bond donors (Lipinski definition) is 2. The average Bonchev–Trinajstić information content (AvgIpc) is 2.45. The molecule has 0 bridgehead atoms. The van der Waals surface area contributed by atoms with Crippen LogP contribution < -0.4 is 11.3 Å². The van der Waals surface area contributed by atoms with Gasteiger partial charge in [0.05, 0.1) is 0 Å². The van der Waals surface area contributed by atoms with Gasteiger partial charge in [0.25, 0.3) is 5.91 Å². The zero-order valence-electron chi connectivity index (χ0n) is 10.1. The summed E-state index contributed by atoms with van der Waals surface area (Å²) in [5.74, 6) is 5.67. The highest BCUT2D eigenvalue weighted by atomic mass is 79.9. The molecule has 19 heavy (non-hydrogen) atoms. The standard InChI is InChI=1S/C14H13BrN2OS/c15-12-2-1-3-13(8-12)19-9-10-4-6-11(7-5-10)14(18)17-16/h1-8H,9,16H2,(H,17,18). The van der Waals surface area contributed by atoms with Gasteiger partial charge < -0.3 is 0 Å². The molecule has 2 rings (SSSR count). The van der Waals surface area contributed by atoms with E-state index in [0.717, 1.165) is 10.2 Å². The van der Waals surface area contributed by atoms with E-state index in [2.05, 4.69) is 33.5 Å². The molecule has 1 amide bonds. The van der Waals surface area contributed by atoms with E-state index in [-0.39, 0.29) is 5.91 Å². The van der Waals surface area contributed by atoms with E-state index in [1.165, 1.54) is 10.5 Å². The molecule has 0 saturated carbocycles. The van der Waals surface area contributed by atoms with Gasteiger partial charge >= 0.3 is 0 Å². The zero-order chi connectivity index (χ0) is 13.7. The molecule has 0 unspecified atom stereocenters. The molecule has 0 aromatic heterocycles. The van der Waals surface area contributed by atoms with Crippen LogP contribution in [0.1, 0.15) is 15.9 Å². The number of carbonyl (C=O) groups excluding carboxylic acids is 1. The van der Waals surface area contributed by atoms with Gasteiger partial charge in [0.15, 0.2) is 0 Å². The summed E-state index contributed by atoms with van der Waals surface area (Å²) in [6, 6.07) is 15.6. The molecular weight excluding hydrogens is 324 g/mol. The maximum Gasteiger partial charge on any atom is 0.265 e. The predicted octanol–water partition coefficient (Wildman–Crippen LogP) is 3.34. The third kappa shape index (κ3) is 4.09. The molecule has 0 heterocycles. The number of nitrogen functional groups attached to an aromatic ring is 1. The number of hydrogen-bond acceptors (Lipinski definition) is 3. The van der Waals surface area contributed by atoms with Crippen LogP contribution in [0.15, 0.2) is 57.9 Å². The van der Waals surface area contributed by atoms with Crippen LogP contribution in [0.2, 0.25) is 0 Å². The number of nitrogens with one attached hydrogen (secondary N) is 1. The topological polar surface area (TPSA) is 55.1 Å². The molecule has 0 saturated heterocycles. The Morgan fingerprint density at radius 1 is 1.21 bits per heavy atom. The number of nitrogens with two attached hydrogens (primary N) is 1. The molecule has 0 aliphatic rings. The van der Waals surface area contributed by atoms with E-state index in [1.807, 2.05) is 24.3 Å². The highest BCUT2D eigenvalue weighted by molar-refractivity contribution is 9.10. The summed E-state index contributed by atoms with van der Waals surface area (Å²) in [6.45, 7) is 0. The molecule has 3 N–H and O–H groups in total. The average molecular weight is 337 g/mol. The molecule has 2 aromatic rings. The molecule has 2 aromatic carbocycles. The van der Waals surface area contributed by atoms with Crippen LogP contribution in [-0.4, -0.2) is 5.91 Å². The van der Waals surface area contributed by atoms with Crippen molar-refractivity contribution in [2.24, 2.45) is 5.84 Å². The number of thioether (sulfide) groups is 1. The summed E-state index contributed by atoms with van der Waals surface area (Å²) in [5.41, 5.74) is 3.85. The minimum atomic E-state index is -0.272. The van der Waals surface area contributed by atoms with E-state index in [4.69, 9.17) is 5.84 Å². The van der Waals surface area contributed by atoms with Crippen molar-refractivity contribution in [1.82, 2.24) is 5.43 Å². The van der Waals surface area contributed by atoms with Crippen LogP contribution in [0.3, 0.4) is 0 Å². The number of hydrazine groups is 1. The highest BCUT2D eigenvalue weighted by Gasteiger charge is 2.03. The first-order chi connectivity index (χ1) is 9.19. The smallest absolute Gasteiger partial charge is 0.265 e. The zero-order valence-corrected chi connectivity index (χ0v) is 12.5. The lowest BCUT2D eigenvalue weighted by Gasteiger charge is -2.04. The third-order valence-electron chi connectivity index (χ3n) is 2.55. The Morgan fingerprint density at radius 2 is 1.95 bits per heavy atom. The van der Waals surface area contributed by atoms with Gasteiger partial charge in [-0.15, -0.1) is 11.8 Å². The lowest BCUT2D eigenvalue weighted by Crippen LogP contribution is -2.29. The number of rotatable bonds is 4. The van der Waals surface area contributed by atoms with Crippen LogP contribution in [0.25, 0.3) is 0 Å². The van der Waals surface area contributed by atoms with Gasteiger partial charge in [-0.25, -0.2) is 5.84 Å². The van der Waals surface area contributed by atoms with Crippen molar-refractivity contribution in [1.29, 1.82) is 0 Å². The van der Waals surface area contributed by atoms with Gasteiger partial charge in [-0.2, -0.15) is 0 Å². The summed E-state index contributed by atoms with van der Waals surface area (Å²) in [6.07, 6.45) is 0. The lowest BCUT2D eigenvalue weighted by atomic mass is 10.1. The van der Waals surface area contributed by atoms with Gasteiger partial charge in [0.1, 0.15) is 0 Å². The van der Waals surface area contributed by atoms with Crippen molar-refractivity contribution in [3.63, 3.8) is 0 Å². The molecule has 0 fully saturated rings. The van der Waals surface area contributed by atoms with Crippen LogP contribution in [-0.2, 0) is 5.75 Å². The van der Waals surface area contributed by atoms with E-state index in [1.54, 1.807) is 23.9 Å². The molecule has 3 nitrogen and oxygen atoms in total. The van der Waals surface area contributed by atoms with Gasteiger partial charge in [-0.05, 0) is 35.9 Å². The van der Waals surface area contributed by atoms with Gasteiger partial charge in [-0.3, -0.25) is 10.2 Å². The van der Waals surface area contributed by atoms with Crippen molar-refractivity contribution in [2.75, 3.05) is 0 Å². The largest absolute Gasteiger partial charge is 0.290 e. The quantitative estimate of drug-likeness (QED) is 0.389. The number of benzene rings is 2. The first-order valence-electron chi connectivity index (χ1n) is 5.67. The predicted molar refractivity (Wildman–Crippen MR) is 81.8 cm³/mol. The van der Waals surface area contributed by atoms with Crippen molar-refractivity contribution in [3.05, 3.63) is 64.1 Å². The molecule has 0 aliphatic carbocycles. The van der Waals surface area contributed by atoms with Crippen molar-refractivity contribution >= 4 is 33.6 Å². The van der Waals surface area contributed by atoms with Crippen LogP contribution in [0, 0.1) is 0 Å². The van der Waals surface area contributed by atoms with Crippen LogP contribution in [0.4, 0.5) is 0 Å². The molecule has 0 radical (unpaired) electrons. The maximum absolute atomic E-state index is 11.3. The fourth-order valence-electron chi connectivity index (χ4n) is 1.56. The Hall–Kier alpha value is -1.30. The summed E-state index contributed by atoms with van der Waals surface area (Å²) in [7, 11) is 0. The third-order valence-corrected chi connectivity index (χ3v) is 4.11. The Bertz CT molecular complexity index is 572. The number of carbonyl (C=O) groups is 1. The van der Waals surface area contributed by atoms with Crippen molar-refractivity contribution < 1.29 is 4.79 Å². The second kappa shape index (κ2) is 6.75. The van der Waals surface area contributed by atoms with Crippen LogP contribution >= 0.6 is 27.7 Å². The Morgan fingerprint density at radius 3 is 2.58 bits per heavy atom. The first-order valence-corrected chi connectivity index (χ1v) is 7.45. The molecule has 98 valence electrons. The van der Waals surface area contributed by atoms with Crippen molar-refractivity contribution in [2.45, 2.75) is 10.6 Å². The lowest BCUT2D eigenvalue weighted by molar-refractivity contribution is 0.0953. The molecular formula is C14H13BrN2OS. The summed E-state index contributed by atoms with van der Waals surface area (Å²) < 4.78 is 1.08. The monoisotopic (exact) mass is 336 g/mol. The molecule has 0 atom stereocenters. The molecule has 0 aliphatic heterocycles. The minimum Gasteiger partial charge on any atom is -0.290 e. The fraction of sp³-hybridized carbons (Fsp3) is 0.0714. The highest BCUT2D eigenvalue weighted by Crippen LogP contribution is 2.25. The van der Waals surface area contributed by atoms with E-state index < -0.39 is 0 Å². The summed E-state index contributed by atoms with van der Waals surface area (Å²) in [5, 5.41) is 0. The SMILES string of the molecule is NNC(=O)c1ccc(CSc2cccc(Br)c2)cc1. The van der Waals surface area contributed by atoms with Gasteiger partial charge in [-0.1, -0.05) is 34.1 Å². The Kier molecular flexibility index (Phi) is 5.01. The minimum absolute atomic E-state index is 0.272. The van der Waals surface area contributed by atoms with E-state index >= 15 is 0 Å². The number of amides is 1. The fourth-order valence-corrected chi connectivity index (χ4v) is 3.02. The van der Waals surface area contributed by atoms with Gasteiger partial charge in [0, 0.05) is 20.7 Å². The van der Waals surface area contributed by atoms with Crippen LogP contribution in [0.5, 0.6) is 0 Å². The Labute approximate surface area is 124 Å². The molecule has 0 spiro atoms.